The molecule has 0 nitrogen and oxygen atoms in total. The van der Waals surface area contributed by atoms with Crippen LogP contribution >= 0.6 is 25.3 Å². The molecule has 2 heteroatoms. The zero-order valence-corrected chi connectivity index (χ0v) is 16.6. The van der Waals surface area contributed by atoms with Gasteiger partial charge in [0, 0.05) is 0 Å². The van der Waals surface area contributed by atoms with Crippen molar-refractivity contribution in [2.75, 3.05) is 0 Å². The van der Waals surface area contributed by atoms with Crippen molar-refractivity contribution < 1.29 is 0 Å². The summed E-state index contributed by atoms with van der Waals surface area (Å²) in [5.74, 6) is 0. The third kappa shape index (κ3) is 1.56. The summed E-state index contributed by atoms with van der Waals surface area (Å²) in [6, 6.07) is 22.5. The molecule has 0 atom stereocenters. The second-order valence-corrected chi connectivity index (χ2v) is 8.17. The van der Waals surface area contributed by atoms with Crippen LogP contribution in [-0.2, 0) is 0 Å². The van der Waals surface area contributed by atoms with Crippen molar-refractivity contribution in [2.45, 2.75) is 0 Å². The molecule has 0 bridgehead atoms. The maximum atomic E-state index is 4.57. The van der Waals surface area contributed by atoms with Crippen molar-refractivity contribution in [1.29, 1.82) is 0 Å². The minimum Gasteiger partial charge on any atom is -0.151 e. The second-order valence-electron chi connectivity index (χ2n) is 7.65. The van der Waals surface area contributed by atoms with Gasteiger partial charge in [-0.1, -0.05) is 60.7 Å². The van der Waals surface area contributed by atoms with Gasteiger partial charge in [-0.25, -0.2) is 0 Å². The van der Waals surface area contributed by atoms with Crippen LogP contribution in [-0.4, -0.2) is 0 Å². The molecule has 0 aromatic heterocycles. The molecule has 0 aliphatic carbocycles. The molecule has 0 fully saturated rings. The Labute approximate surface area is 171 Å². The van der Waals surface area contributed by atoms with Gasteiger partial charge in [0.2, 0.25) is 0 Å². The zero-order valence-electron chi connectivity index (χ0n) is 14.8. The van der Waals surface area contributed by atoms with Crippen LogP contribution in [0.3, 0.4) is 0 Å². The quantitative estimate of drug-likeness (QED) is 0.171. The molecule has 0 saturated heterocycles. The highest BCUT2D eigenvalue weighted by Crippen LogP contribution is 2.46. The van der Waals surface area contributed by atoms with Crippen molar-refractivity contribution in [3.05, 3.63) is 71.1 Å². The fourth-order valence-electron chi connectivity index (χ4n) is 5.40. The summed E-state index contributed by atoms with van der Waals surface area (Å²) < 4.78 is 0. The molecular weight excluding hydrogens is 376 g/mol. The van der Waals surface area contributed by atoms with Crippen molar-refractivity contribution in [3.63, 3.8) is 0 Å². The van der Waals surface area contributed by atoms with Gasteiger partial charge < -0.3 is 0 Å². The fourth-order valence-corrected chi connectivity index (χ4v) is 5.96. The molecule has 0 unspecified atom stereocenters. The lowest BCUT2D eigenvalue weighted by molar-refractivity contribution is 1.68. The third-order valence-electron chi connectivity index (χ3n) is 6.51. The zero-order chi connectivity index (χ0) is 18.6. The summed E-state index contributed by atoms with van der Waals surface area (Å²) in [4.78, 5) is 0. The minimum absolute atomic E-state index is 1.14. The Morgan fingerprint density at radius 3 is 1.00 bits per heavy atom. The number of hydrogen-bond donors (Lipinski definition) is 2. The van der Waals surface area contributed by atoms with Crippen molar-refractivity contribution in [1.82, 2.24) is 0 Å². The number of hydrogen-bond acceptors (Lipinski definition) is 2. The lowest BCUT2D eigenvalue weighted by atomic mass is 9.82. The van der Waals surface area contributed by atoms with E-state index in [0.29, 0.717) is 0 Å². The number of benzene rings is 7. The van der Waals surface area contributed by atoms with Crippen molar-refractivity contribution in [2.24, 2.45) is 0 Å². The van der Waals surface area contributed by atoms with Gasteiger partial charge in [-0.15, -0.1) is 0 Å². The van der Waals surface area contributed by atoms with Crippen LogP contribution in [0.2, 0.25) is 0 Å². The molecule has 0 aliphatic heterocycles. The van der Waals surface area contributed by atoms with Gasteiger partial charge in [-0.3, -0.25) is 0 Å². The largest absolute Gasteiger partial charge is 0.151 e. The molecule has 7 aromatic carbocycles. The Balaban J connectivity index is 2.10. The standard InChI is InChI=1S/C26H14S2/c27-11-19-17-9-7-15-5-3-13-1-2-14-4-6-16-8-10-18(20(19)12-28)26-24(16)22(14)21(13)23(15)25(17)26/h1-12,27-28H. The van der Waals surface area contributed by atoms with E-state index in [2.05, 4.69) is 85.9 Å². The van der Waals surface area contributed by atoms with E-state index in [0.717, 1.165) is 10.4 Å². The Bertz CT molecular complexity index is 1680. The monoisotopic (exact) mass is 390 g/mol. The molecule has 0 spiro atoms. The first-order valence-corrected chi connectivity index (χ1v) is 10.4. The van der Waals surface area contributed by atoms with E-state index in [1.807, 2.05) is 10.8 Å². The summed E-state index contributed by atoms with van der Waals surface area (Å²) in [7, 11) is 0. The van der Waals surface area contributed by atoms with Crippen LogP contribution < -0.4 is 10.4 Å². The first kappa shape index (κ1) is 15.3. The molecule has 0 aliphatic rings. The smallest absolute Gasteiger partial charge is 0.000722 e. The van der Waals surface area contributed by atoms with E-state index < -0.39 is 0 Å². The average Bonchev–Trinajstić information content (AvgIpc) is 2.76. The SMILES string of the molecule is SC=c1c(=CS)c2ccc3ccc4ccc5ccc6ccc1c1c6c5c4c3c21. The van der Waals surface area contributed by atoms with Gasteiger partial charge >= 0.3 is 0 Å². The van der Waals surface area contributed by atoms with Crippen molar-refractivity contribution >= 4 is 101 Å². The van der Waals surface area contributed by atoms with Gasteiger partial charge in [0.05, 0.1) is 0 Å². The number of rotatable bonds is 0. The first-order valence-electron chi connectivity index (χ1n) is 9.40. The second kappa shape index (κ2) is 5.02. The van der Waals surface area contributed by atoms with Crippen LogP contribution in [0.15, 0.2) is 60.7 Å². The van der Waals surface area contributed by atoms with Gasteiger partial charge in [0.1, 0.15) is 0 Å². The Hall–Kier alpha value is -2.68. The highest BCUT2D eigenvalue weighted by molar-refractivity contribution is 7.88. The van der Waals surface area contributed by atoms with E-state index in [1.165, 1.54) is 64.6 Å². The summed E-state index contributed by atoms with van der Waals surface area (Å²) in [5.41, 5.74) is 0. The Kier molecular flexibility index (Phi) is 2.74. The van der Waals surface area contributed by atoms with Crippen LogP contribution in [0.1, 0.15) is 0 Å². The third-order valence-corrected chi connectivity index (χ3v) is 7.02. The average molecular weight is 391 g/mol. The molecule has 7 aromatic rings. The first-order chi connectivity index (χ1) is 13.8. The Morgan fingerprint density at radius 1 is 0.393 bits per heavy atom. The van der Waals surface area contributed by atoms with Crippen LogP contribution in [0.25, 0.3) is 75.5 Å². The topological polar surface area (TPSA) is 0 Å². The summed E-state index contributed by atoms with van der Waals surface area (Å²) in [5, 5.41) is 22.1. The van der Waals surface area contributed by atoms with Gasteiger partial charge in [-0.05, 0) is 85.9 Å². The molecule has 0 N–H and O–H groups in total. The summed E-state index contributed by atoms with van der Waals surface area (Å²) in [6.45, 7) is 0. The molecule has 0 amide bonds. The number of thiol groups is 2. The van der Waals surface area contributed by atoms with Gasteiger partial charge in [0.15, 0.2) is 0 Å². The molecule has 28 heavy (non-hydrogen) atoms. The fraction of sp³-hybridized carbons (Fsp3) is 0. The van der Waals surface area contributed by atoms with Crippen molar-refractivity contribution in [3.8, 4) is 0 Å². The predicted molar refractivity (Wildman–Crippen MR) is 131 cm³/mol. The molecule has 0 saturated carbocycles. The molecular formula is C26H14S2. The van der Waals surface area contributed by atoms with E-state index in [-0.39, 0.29) is 0 Å². The minimum atomic E-state index is 1.14. The molecule has 7 rings (SSSR count). The van der Waals surface area contributed by atoms with Gasteiger partial charge in [-0.2, -0.15) is 25.3 Å². The Morgan fingerprint density at radius 2 is 0.679 bits per heavy atom. The maximum Gasteiger partial charge on any atom is -0.000722 e. The highest BCUT2D eigenvalue weighted by atomic mass is 32.1. The maximum absolute atomic E-state index is 4.57. The molecule has 130 valence electrons. The highest BCUT2D eigenvalue weighted by Gasteiger charge is 2.20. The van der Waals surface area contributed by atoms with Crippen LogP contribution in [0, 0.1) is 0 Å². The molecule has 0 heterocycles. The summed E-state index contributed by atoms with van der Waals surface area (Å²) in [6.07, 6.45) is 0. The van der Waals surface area contributed by atoms with Gasteiger partial charge in [0.25, 0.3) is 0 Å². The van der Waals surface area contributed by atoms with E-state index in [1.54, 1.807) is 0 Å². The van der Waals surface area contributed by atoms with E-state index in [4.69, 9.17) is 0 Å². The normalized spacial score (nSPS) is 14.5. The lowest BCUT2D eigenvalue weighted by Crippen LogP contribution is -2.25. The van der Waals surface area contributed by atoms with E-state index in [9.17, 15) is 0 Å². The lowest BCUT2D eigenvalue weighted by Gasteiger charge is -2.21. The predicted octanol–water partition coefficient (Wildman–Crippen LogP) is 6.25. The van der Waals surface area contributed by atoms with Crippen LogP contribution in [0.4, 0.5) is 0 Å². The summed E-state index contributed by atoms with van der Waals surface area (Å²) >= 11 is 9.15. The van der Waals surface area contributed by atoms with Crippen LogP contribution in [0.5, 0.6) is 0 Å². The van der Waals surface area contributed by atoms with E-state index >= 15 is 0 Å². The molecule has 0 radical (unpaired) electrons.